The van der Waals surface area contributed by atoms with Crippen molar-refractivity contribution in [1.29, 1.82) is 0 Å². The maximum absolute atomic E-state index is 15.6. The van der Waals surface area contributed by atoms with Crippen LogP contribution in [0.15, 0.2) is 24.5 Å². The predicted molar refractivity (Wildman–Crippen MR) is 153 cm³/mol. The van der Waals surface area contributed by atoms with Gasteiger partial charge in [0.2, 0.25) is 5.91 Å². The van der Waals surface area contributed by atoms with Crippen molar-refractivity contribution in [2.75, 3.05) is 29.4 Å². The van der Waals surface area contributed by atoms with E-state index < -0.39 is 29.5 Å². The first-order valence-electron chi connectivity index (χ1n) is 13.3. The molecular formula is C29H31ClFN5O5. The van der Waals surface area contributed by atoms with Gasteiger partial charge >= 0.3 is 12.2 Å². The molecule has 2 aliphatic rings. The lowest BCUT2D eigenvalue weighted by atomic mass is 9.77. The number of rotatable bonds is 5. The van der Waals surface area contributed by atoms with Gasteiger partial charge in [-0.05, 0) is 65.8 Å². The van der Waals surface area contributed by atoms with E-state index in [0.717, 1.165) is 21.7 Å². The number of fused-ring (bicyclic) bond motifs is 2. The summed E-state index contributed by atoms with van der Waals surface area (Å²) in [4.78, 5) is 48.5. The van der Waals surface area contributed by atoms with Gasteiger partial charge in [0, 0.05) is 44.3 Å². The molecule has 3 aromatic rings. The maximum atomic E-state index is 15.6. The van der Waals surface area contributed by atoms with E-state index in [1.54, 1.807) is 23.2 Å². The van der Waals surface area contributed by atoms with Crippen LogP contribution >= 0.6 is 11.6 Å². The molecule has 1 saturated heterocycles. The van der Waals surface area contributed by atoms with E-state index in [2.05, 4.69) is 9.97 Å². The van der Waals surface area contributed by atoms with Crippen LogP contribution in [0, 0.1) is 12.7 Å². The summed E-state index contributed by atoms with van der Waals surface area (Å²) in [7, 11) is 0. The van der Waals surface area contributed by atoms with Crippen LogP contribution in [0.1, 0.15) is 49.6 Å². The van der Waals surface area contributed by atoms with Crippen molar-refractivity contribution in [3.63, 3.8) is 0 Å². The molecule has 0 radical (unpaired) electrons. The zero-order valence-corrected chi connectivity index (χ0v) is 24.0. The molecule has 0 bridgehead atoms. The molecule has 41 heavy (non-hydrogen) atoms. The minimum atomic E-state index is -1.20. The minimum absolute atomic E-state index is 0.113. The lowest BCUT2D eigenvalue weighted by Gasteiger charge is -2.43. The first kappa shape index (κ1) is 28.5. The molecule has 2 aliphatic heterocycles. The second kappa shape index (κ2) is 10.4. The van der Waals surface area contributed by atoms with Gasteiger partial charge in [0.15, 0.2) is 0 Å². The summed E-state index contributed by atoms with van der Waals surface area (Å²) in [5.41, 5.74) is 2.58. The van der Waals surface area contributed by atoms with Crippen LogP contribution in [0.4, 0.5) is 25.5 Å². The number of likely N-dealkylation sites (tertiary alicyclic amines) is 1. The van der Waals surface area contributed by atoms with Crippen molar-refractivity contribution in [1.82, 2.24) is 14.9 Å². The zero-order valence-electron chi connectivity index (χ0n) is 23.2. The summed E-state index contributed by atoms with van der Waals surface area (Å²) in [6.07, 6.45) is 2.48. The number of anilines is 2. The number of benzene rings is 1. The lowest BCUT2D eigenvalue weighted by molar-refractivity contribution is -0.133. The molecule has 5 rings (SSSR count). The highest BCUT2D eigenvalue weighted by atomic mass is 35.5. The van der Waals surface area contributed by atoms with Crippen molar-refractivity contribution in [3.05, 3.63) is 57.8 Å². The van der Waals surface area contributed by atoms with Gasteiger partial charge in [-0.1, -0.05) is 25.4 Å². The normalized spacial score (nSPS) is 15.5. The number of halogens is 2. The first-order chi connectivity index (χ1) is 19.3. The molecule has 0 saturated carbocycles. The van der Waals surface area contributed by atoms with Crippen LogP contribution in [0.2, 0.25) is 5.02 Å². The molecule has 0 unspecified atom stereocenters. The van der Waals surface area contributed by atoms with E-state index in [4.69, 9.17) is 11.6 Å². The third-order valence-electron chi connectivity index (χ3n) is 8.13. The molecule has 10 nitrogen and oxygen atoms in total. The highest BCUT2D eigenvalue weighted by Crippen LogP contribution is 2.40. The molecule has 2 N–H and O–H groups in total. The Morgan fingerprint density at radius 3 is 2.51 bits per heavy atom. The van der Waals surface area contributed by atoms with Crippen molar-refractivity contribution in [2.24, 2.45) is 0 Å². The average Bonchev–Trinajstić information content (AvgIpc) is 2.87. The molecular weight excluding hydrogens is 553 g/mol. The third-order valence-corrected chi connectivity index (χ3v) is 8.50. The van der Waals surface area contributed by atoms with Crippen LogP contribution in [0.25, 0.3) is 10.8 Å². The largest absolute Gasteiger partial charge is 0.465 e. The van der Waals surface area contributed by atoms with Crippen LogP contribution in [0.5, 0.6) is 0 Å². The number of aromatic nitrogens is 2. The van der Waals surface area contributed by atoms with E-state index in [1.165, 1.54) is 18.0 Å². The van der Waals surface area contributed by atoms with Gasteiger partial charge in [0.1, 0.15) is 11.6 Å². The molecule has 2 aromatic heterocycles. The smallest absolute Gasteiger partial charge is 0.413 e. The lowest BCUT2D eigenvalue weighted by Crippen LogP contribution is -2.62. The Labute approximate surface area is 241 Å². The van der Waals surface area contributed by atoms with Gasteiger partial charge in [-0.3, -0.25) is 19.6 Å². The third kappa shape index (κ3) is 5.03. The standard InChI is InChI=1S/C29H31ClFN5O5/c1-15-21(12-32-22-6-5-7-35(26(15)22)27(38)39)29(3,4)10-18-8-17-9-23(33-11-20(17)24(30)25(18)31)36(28(40)41)19-13-34(14-19)16(2)37/h8-9,11-12,19H,5-7,10,13-14H2,1-4H3,(H,38,39)(H,40,41). The fourth-order valence-corrected chi connectivity index (χ4v) is 6.28. The Hall–Kier alpha value is -3.99. The van der Waals surface area contributed by atoms with Gasteiger partial charge in [-0.15, -0.1) is 0 Å². The van der Waals surface area contributed by atoms with Crippen molar-refractivity contribution < 1.29 is 29.0 Å². The Kier molecular flexibility index (Phi) is 7.27. The van der Waals surface area contributed by atoms with Gasteiger partial charge in [0.25, 0.3) is 0 Å². The SMILES string of the molecule is CC(=O)N1CC(N(C(=O)O)c2cc3cc(CC(C)(C)c4cnc5c(c4C)N(C(=O)O)CCC5)c(F)c(Cl)c3cn2)C1. The number of amides is 3. The van der Waals surface area contributed by atoms with Crippen LogP contribution in [-0.4, -0.2) is 68.9 Å². The number of nitrogens with zero attached hydrogens (tertiary/aromatic N) is 5. The fourth-order valence-electron chi connectivity index (χ4n) is 6.00. The van der Waals surface area contributed by atoms with Gasteiger partial charge in [-0.2, -0.15) is 0 Å². The van der Waals surface area contributed by atoms with Crippen LogP contribution < -0.4 is 9.80 Å². The van der Waals surface area contributed by atoms with Gasteiger partial charge in [-0.25, -0.2) is 19.0 Å². The summed E-state index contributed by atoms with van der Waals surface area (Å²) in [5, 5.41) is 20.4. The van der Waals surface area contributed by atoms with E-state index in [9.17, 15) is 24.6 Å². The second-order valence-corrected chi connectivity index (χ2v) is 11.7. The highest BCUT2D eigenvalue weighted by molar-refractivity contribution is 6.35. The van der Waals surface area contributed by atoms with Crippen molar-refractivity contribution in [2.45, 2.75) is 58.4 Å². The summed E-state index contributed by atoms with van der Waals surface area (Å²) in [6.45, 7) is 8.10. The maximum Gasteiger partial charge on any atom is 0.413 e. The van der Waals surface area contributed by atoms with Crippen LogP contribution in [-0.2, 0) is 23.1 Å². The summed E-state index contributed by atoms with van der Waals surface area (Å²) in [6, 6.07) is 2.77. The highest BCUT2D eigenvalue weighted by Gasteiger charge is 2.38. The molecule has 0 spiro atoms. The molecule has 0 atom stereocenters. The van der Waals surface area contributed by atoms with E-state index in [0.29, 0.717) is 41.4 Å². The Balaban J connectivity index is 1.51. The number of carboxylic acid groups (broad SMARTS) is 2. The fraction of sp³-hybridized carbons (Fsp3) is 0.414. The topological polar surface area (TPSA) is 127 Å². The molecule has 4 heterocycles. The van der Waals surface area contributed by atoms with Crippen molar-refractivity contribution >= 4 is 52.0 Å². The molecule has 1 fully saturated rings. The van der Waals surface area contributed by atoms with E-state index >= 15 is 4.39 Å². The quantitative estimate of drug-likeness (QED) is 0.412. The number of carbonyl (C=O) groups excluding carboxylic acids is 1. The minimum Gasteiger partial charge on any atom is -0.465 e. The summed E-state index contributed by atoms with van der Waals surface area (Å²) in [5.74, 6) is -0.564. The Morgan fingerprint density at radius 1 is 1.17 bits per heavy atom. The number of hydrogen-bond acceptors (Lipinski definition) is 5. The van der Waals surface area contributed by atoms with Crippen molar-refractivity contribution in [3.8, 4) is 0 Å². The molecule has 1 aromatic carbocycles. The van der Waals surface area contributed by atoms with Gasteiger partial charge in [0.05, 0.1) is 22.4 Å². The molecule has 12 heteroatoms. The number of hydrogen-bond donors (Lipinski definition) is 2. The monoisotopic (exact) mass is 583 g/mol. The molecule has 0 aliphatic carbocycles. The van der Waals surface area contributed by atoms with Gasteiger partial charge < -0.3 is 15.1 Å². The Bertz CT molecular complexity index is 1590. The summed E-state index contributed by atoms with van der Waals surface area (Å²) >= 11 is 6.46. The number of pyridine rings is 2. The zero-order chi connectivity index (χ0) is 29.8. The number of aryl methyl sites for hydroxylation is 1. The first-order valence-corrected chi connectivity index (χ1v) is 13.7. The summed E-state index contributed by atoms with van der Waals surface area (Å²) < 4.78 is 15.6. The van der Waals surface area contributed by atoms with Crippen LogP contribution in [0.3, 0.4) is 0 Å². The Morgan fingerprint density at radius 2 is 1.88 bits per heavy atom. The van der Waals surface area contributed by atoms with E-state index in [-0.39, 0.29) is 36.3 Å². The average molecular weight is 584 g/mol. The predicted octanol–water partition coefficient (Wildman–Crippen LogP) is 5.40. The van der Waals surface area contributed by atoms with E-state index in [1.807, 2.05) is 20.8 Å². The second-order valence-electron chi connectivity index (χ2n) is 11.3. The molecule has 216 valence electrons. The number of carbonyl (C=O) groups is 3. The molecule has 3 amide bonds.